The Balaban J connectivity index is 0.000000845. The standard InChI is InChI=1S/C10H20N2.ClH/c1-9-7-12(6-5-11-9)8-10(2)3-4-10;/h9,11H,3-8H2,1-2H3;1H/t9-;/m0./s1. The minimum atomic E-state index is 0. The Labute approximate surface area is 87.5 Å². The van der Waals surface area contributed by atoms with Gasteiger partial charge in [-0.1, -0.05) is 6.92 Å². The van der Waals surface area contributed by atoms with E-state index >= 15 is 0 Å². The van der Waals surface area contributed by atoms with Crippen LogP contribution in [-0.4, -0.2) is 37.1 Å². The first-order chi connectivity index (χ1) is 5.68. The van der Waals surface area contributed by atoms with Crippen LogP contribution in [-0.2, 0) is 0 Å². The number of hydrogen-bond acceptors (Lipinski definition) is 2. The number of halogens is 1. The average Bonchev–Trinajstić information content (AvgIpc) is 2.67. The van der Waals surface area contributed by atoms with E-state index in [2.05, 4.69) is 24.1 Å². The second kappa shape index (κ2) is 4.16. The fourth-order valence-electron chi connectivity index (χ4n) is 2.07. The van der Waals surface area contributed by atoms with Crippen molar-refractivity contribution in [3.05, 3.63) is 0 Å². The van der Waals surface area contributed by atoms with Crippen LogP contribution in [0.4, 0.5) is 0 Å². The average molecular weight is 205 g/mol. The topological polar surface area (TPSA) is 15.3 Å². The maximum atomic E-state index is 3.48. The number of hydrogen-bond donors (Lipinski definition) is 1. The lowest BCUT2D eigenvalue weighted by molar-refractivity contribution is 0.176. The van der Waals surface area contributed by atoms with Gasteiger partial charge in [-0.2, -0.15) is 0 Å². The van der Waals surface area contributed by atoms with E-state index in [1.54, 1.807) is 0 Å². The van der Waals surface area contributed by atoms with E-state index < -0.39 is 0 Å². The summed E-state index contributed by atoms with van der Waals surface area (Å²) < 4.78 is 0. The molecule has 1 aliphatic carbocycles. The van der Waals surface area contributed by atoms with Crippen molar-refractivity contribution >= 4 is 12.4 Å². The van der Waals surface area contributed by atoms with Gasteiger partial charge in [0, 0.05) is 32.2 Å². The molecule has 2 aliphatic rings. The summed E-state index contributed by atoms with van der Waals surface area (Å²) in [5, 5.41) is 3.48. The van der Waals surface area contributed by atoms with Crippen molar-refractivity contribution in [1.82, 2.24) is 10.2 Å². The van der Waals surface area contributed by atoms with Crippen LogP contribution >= 0.6 is 12.4 Å². The molecule has 78 valence electrons. The third-order valence-corrected chi connectivity index (χ3v) is 3.16. The molecule has 1 aliphatic heterocycles. The van der Waals surface area contributed by atoms with Gasteiger partial charge in [-0.05, 0) is 25.2 Å². The molecule has 1 saturated heterocycles. The van der Waals surface area contributed by atoms with Crippen LogP contribution in [0.3, 0.4) is 0 Å². The van der Waals surface area contributed by atoms with Gasteiger partial charge in [-0.25, -0.2) is 0 Å². The molecule has 0 aromatic heterocycles. The first-order valence-electron chi connectivity index (χ1n) is 5.14. The number of rotatable bonds is 2. The second-order valence-electron chi connectivity index (χ2n) is 4.90. The Bertz CT molecular complexity index is 168. The van der Waals surface area contributed by atoms with E-state index in [4.69, 9.17) is 0 Å². The van der Waals surface area contributed by atoms with E-state index in [-0.39, 0.29) is 12.4 Å². The number of nitrogens with zero attached hydrogens (tertiary/aromatic N) is 1. The van der Waals surface area contributed by atoms with Crippen molar-refractivity contribution in [3.8, 4) is 0 Å². The Kier molecular flexibility index (Phi) is 3.61. The van der Waals surface area contributed by atoms with Gasteiger partial charge in [0.25, 0.3) is 0 Å². The molecule has 2 rings (SSSR count). The molecule has 1 atom stereocenters. The predicted molar refractivity (Wildman–Crippen MR) is 58.5 cm³/mol. The molecule has 1 heterocycles. The first-order valence-corrected chi connectivity index (χ1v) is 5.14. The molecular weight excluding hydrogens is 184 g/mol. The van der Waals surface area contributed by atoms with Gasteiger partial charge in [-0.15, -0.1) is 12.4 Å². The third kappa shape index (κ3) is 3.12. The molecule has 0 spiro atoms. The Morgan fingerprint density at radius 2 is 2.15 bits per heavy atom. The minimum absolute atomic E-state index is 0. The summed E-state index contributed by atoms with van der Waals surface area (Å²) in [6, 6.07) is 0.695. The Morgan fingerprint density at radius 3 is 2.69 bits per heavy atom. The normalized spacial score (nSPS) is 32.3. The van der Waals surface area contributed by atoms with Crippen molar-refractivity contribution in [1.29, 1.82) is 0 Å². The first kappa shape index (κ1) is 11.3. The highest BCUT2D eigenvalue weighted by molar-refractivity contribution is 5.85. The van der Waals surface area contributed by atoms with Gasteiger partial charge >= 0.3 is 0 Å². The van der Waals surface area contributed by atoms with E-state index in [0.717, 1.165) is 0 Å². The van der Waals surface area contributed by atoms with Crippen LogP contribution in [0.25, 0.3) is 0 Å². The van der Waals surface area contributed by atoms with Gasteiger partial charge in [-0.3, -0.25) is 4.90 Å². The predicted octanol–water partition coefficient (Wildman–Crippen LogP) is 1.50. The van der Waals surface area contributed by atoms with Crippen LogP contribution in [0.2, 0.25) is 0 Å². The molecule has 2 nitrogen and oxygen atoms in total. The molecule has 0 aromatic carbocycles. The van der Waals surface area contributed by atoms with Gasteiger partial charge in [0.1, 0.15) is 0 Å². The van der Waals surface area contributed by atoms with Gasteiger partial charge in [0.2, 0.25) is 0 Å². The van der Waals surface area contributed by atoms with E-state index in [1.165, 1.54) is 39.0 Å². The van der Waals surface area contributed by atoms with Crippen molar-refractivity contribution in [2.24, 2.45) is 5.41 Å². The SMILES string of the molecule is C[C@H]1CN(CC2(C)CC2)CCN1.Cl. The molecular formula is C10H21ClN2. The van der Waals surface area contributed by atoms with Crippen molar-refractivity contribution in [2.75, 3.05) is 26.2 Å². The lowest BCUT2D eigenvalue weighted by Gasteiger charge is -2.33. The highest BCUT2D eigenvalue weighted by Gasteiger charge is 2.39. The van der Waals surface area contributed by atoms with E-state index in [9.17, 15) is 0 Å². The molecule has 0 bridgehead atoms. The maximum absolute atomic E-state index is 3.48. The van der Waals surface area contributed by atoms with Gasteiger partial charge in [0.15, 0.2) is 0 Å². The third-order valence-electron chi connectivity index (χ3n) is 3.16. The number of nitrogens with one attached hydrogen (secondary N) is 1. The summed E-state index contributed by atoms with van der Waals surface area (Å²) in [5.74, 6) is 0. The Hall–Kier alpha value is 0.210. The highest BCUT2D eigenvalue weighted by atomic mass is 35.5. The minimum Gasteiger partial charge on any atom is -0.312 e. The smallest absolute Gasteiger partial charge is 0.0167 e. The summed E-state index contributed by atoms with van der Waals surface area (Å²) in [6.07, 6.45) is 2.90. The fraction of sp³-hybridized carbons (Fsp3) is 1.00. The number of piperazine rings is 1. The van der Waals surface area contributed by atoms with Crippen LogP contribution in [0.15, 0.2) is 0 Å². The van der Waals surface area contributed by atoms with Crippen LogP contribution in [0, 0.1) is 5.41 Å². The van der Waals surface area contributed by atoms with Gasteiger partial charge in [0.05, 0.1) is 0 Å². The largest absolute Gasteiger partial charge is 0.312 e. The zero-order valence-electron chi connectivity index (χ0n) is 8.68. The highest BCUT2D eigenvalue weighted by Crippen LogP contribution is 2.45. The summed E-state index contributed by atoms with van der Waals surface area (Å²) in [6.45, 7) is 9.70. The lowest BCUT2D eigenvalue weighted by Crippen LogP contribution is -2.50. The molecule has 3 heteroatoms. The summed E-state index contributed by atoms with van der Waals surface area (Å²) >= 11 is 0. The zero-order chi connectivity index (χ0) is 8.60. The maximum Gasteiger partial charge on any atom is 0.0167 e. The second-order valence-corrected chi connectivity index (χ2v) is 4.90. The van der Waals surface area contributed by atoms with Crippen LogP contribution in [0.1, 0.15) is 26.7 Å². The van der Waals surface area contributed by atoms with E-state index in [0.29, 0.717) is 11.5 Å². The van der Waals surface area contributed by atoms with Crippen LogP contribution < -0.4 is 5.32 Å². The molecule has 0 aromatic rings. The van der Waals surface area contributed by atoms with Crippen LogP contribution in [0.5, 0.6) is 0 Å². The van der Waals surface area contributed by atoms with Crippen molar-refractivity contribution in [2.45, 2.75) is 32.7 Å². The van der Waals surface area contributed by atoms with Crippen molar-refractivity contribution < 1.29 is 0 Å². The molecule has 2 fully saturated rings. The molecule has 0 unspecified atom stereocenters. The quantitative estimate of drug-likeness (QED) is 0.734. The monoisotopic (exact) mass is 204 g/mol. The summed E-state index contributed by atoms with van der Waals surface area (Å²) in [4.78, 5) is 2.62. The molecule has 0 amide bonds. The molecule has 1 saturated carbocycles. The summed E-state index contributed by atoms with van der Waals surface area (Å²) in [7, 11) is 0. The zero-order valence-corrected chi connectivity index (χ0v) is 9.49. The Morgan fingerprint density at radius 1 is 1.46 bits per heavy atom. The molecule has 1 N–H and O–H groups in total. The van der Waals surface area contributed by atoms with Gasteiger partial charge < -0.3 is 5.32 Å². The van der Waals surface area contributed by atoms with E-state index in [1.807, 2.05) is 0 Å². The molecule has 0 radical (unpaired) electrons. The summed E-state index contributed by atoms with van der Waals surface area (Å²) in [5.41, 5.74) is 0.692. The molecule has 13 heavy (non-hydrogen) atoms. The van der Waals surface area contributed by atoms with Crippen molar-refractivity contribution in [3.63, 3.8) is 0 Å². The fourth-order valence-corrected chi connectivity index (χ4v) is 2.07. The lowest BCUT2D eigenvalue weighted by atomic mass is 10.1.